The lowest BCUT2D eigenvalue weighted by molar-refractivity contribution is -0.0479. The SMILES string of the molecule is CCONCC(O)COC1CCCC(C)C1. The standard InChI is InChI=1S/C12H25NO3/c1-3-16-13-8-11(14)9-15-12-6-4-5-10(2)7-12/h10-14H,3-9H2,1-2H3. The van der Waals surface area contributed by atoms with Gasteiger partial charge in [-0.25, -0.2) is 0 Å². The van der Waals surface area contributed by atoms with Gasteiger partial charge in [0.15, 0.2) is 0 Å². The van der Waals surface area contributed by atoms with Crippen LogP contribution >= 0.6 is 0 Å². The van der Waals surface area contributed by atoms with Crippen LogP contribution in [0.1, 0.15) is 39.5 Å². The summed E-state index contributed by atoms with van der Waals surface area (Å²) in [4.78, 5) is 4.95. The van der Waals surface area contributed by atoms with Crippen molar-refractivity contribution in [3.8, 4) is 0 Å². The first kappa shape index (κ1) is 13.9. The lowest BCUT2D eigenvalue weighted by atomic mass is 9.89. The summed E-state index contributed by atoms with van der Waals surface area (Å²) in [5, 5.41) is 9.60. The van der Waals surface area contributed by atoms with Gasteiger partial charge < -0.3 is 14.7 Å². The van der Waals surface area contributed by atoms with Crippen molar-refractivity contribution in [2.75, 3.05) is 19.8 Å². The fraction of sp³-hybridized carbons (Fsp3) is 1.00. The summed E-state index contributed by atoms with van der Waals surface area (Å²) in [5.41, 5.74) is 2.70. The summed E-state index contributed by atoms with van der Waals surface area (Å²) in [7, 11) is 0. The molecule has 3 atom stereocenters. The van der Waals surface area contributed by atoms with E-state index in [0.717, 1.165) is 18.8 Å². The highest BCUT2D eigenvalue weighted by atomic mass is 16.6. The Morgan fingerprint density at radius 2 is 2.25 bits per heavy atom. The number of rotatable bonds is 7. The summed E-state index contributed by atoms with van der Waals surface area (Å²) in [6.07, 6.45) is 4.68. The van der Waals surface area contributed by atoms with E-state index in [0.29, 0.717) is 25.9 Å². The average Bonchev–Trinajstić information content (AvgIpc) is 2.27. The number of nitrogens with one attached hydrogen (secondary N) is 1. The molecule has 0 amide bonds. The lowest BCUT2D eigenvalue weighted by Gasteiger charge is -2.27. The second kappa shape index (κ2) is 8.01. The largest absolute Gasteiger partial charge is 0.389 e. The summed E-state index contributed by atoms with van der Waals surface area (Å²) in [5.74, 6) is 0.762. The summed E-state index contributed by atoms with van der Waals surface area (Å²) < 4.78 is 5.70. The van der Waals surface area contributed by atoms with E-state index in [1.165, 1.54) is 12.8 Å². The molecule has 96 valence electrons. The molecule has 0 radical (unpaired) electrons. The molecule has 0 aromatic carbocycles. The number of aliphatic hydroxyl groups excluding tert-OH is 1. The minimum Gasteiger partial charge on any atom is -0.389 e. The van der Waals surface area contributed by atoms with Gasteiger partial charge in [-0.05, 0) is 25.7 Å². The molecule has 1 fully saturated rings. The fourth-order valence-electron chi connectivity index (χ4n) is 2.09. The van der Waals surface area contributed by atoms with Crippen molar-refractivity contribution in [2.24, 2.45) is 5.92 Å². The van der Waals surface area contributed by atoms with Crippen LogP contribution < -0.4 is 5.48 Å². The first-order chi connectivity index (χ1) is 7.72. The molecule has 0 saturated heterocycles. The van der Waals surface area contributed by atoms with Crippen LogP contribution in [0.5, 0.6) is 0 Å². The number of hydrogen-bond acceptors (Lipinski definition) is 4. The minimum absolute atomic E-state index is 0.338. The number of ether oxygens (including phenoxy) is 1. The van der Waals surface area contributed by atoms with Crippen molar-refractivity contribution in [1.29, 1.82) is 0 Å². The maximum Gasteiger partial charge on any atom is 0.0921 e. The smallest absolute Gasteiger partial charge is 0.0921 e. The van der Waals surface area contributed by atoms with Gasteiger partial charge in [0, 0.05) is 6.54 Å². The van der Waals surface area contributed by atoms with Gasteiger partial charge in [0.1, 0.15) is 0 Å². The van der Waals surface area contributed by atoms with E-state index in [1.54, 1.807) is 0 Å². The van der Waals surface area contributed by atoms with E-state index in [-0.39, 0.29) is 0 Å². The van der Waals surface area contributed by atoms with E-state index in [4.69, 9.17) is 9.57 Å². The van der Waals surface area contributed by atoms with Crippen molar-refractivity contribution in [2.45, 2.75) is 51.7 Å². The fourth-order valence-corrected chi connectivity index (χ4v) is 2.09. The summed E-state index contributed by atoms with van der Waals surface area (Å²) in [6, 6.07) is 0. The number of hydroxylamine groups is 1. The summed E-state index contributed by atoms with van der Waals surface area (Å²) >= 11 is 0. The Kier molecular flexibility index (Phi) is 6.96. The number of aliphatic hydroxyl groups is 1. The van der Waals surface area contributed by atoms with Gasteiger partial charge in [-0.1, -0.05) is 19.8 Å². The normalized spacial score (nSPS) is 27.9. The molecule has 0 spiro atoms. The van der Waals surface area contributed by atoms with Crippen molar-refractivity contribution in [3.63, 3.8) is 0 Å². The van der Waals surface area contributed by atoms with Crippen LogP contribution in [0.25, 0.3) is 0 Å². The van der Waals surface area contributed by atoms with Crippen LogP contribution in [0.4, 0.5) is 0 Å². The van der Waals surface area contributed by atoms with Gasteiger partial charge in [0.2, 0.25) is 0 Å². The third-order valence-corrected chi connectivity index (χ3v) is 2.98. The molecule has 1 aliphatic carbocycles. The van der Waals surface area contributed by atoms with E-state index < -0.39 is 6.10 Å². The molecular weight excluding hydrogens is 206 g/mol. The molecule has 1 aliphatic rings. The molecule has 4 nitrogen and oxygen atoms in total. The van der Waals surface area contributed by atoms with Crippen molar-refractivity contribution in [3.05, 3.63) is 0 Å². The maximum atomic E-state index is 9.60. The first-order valence-corrected chi connectivity index (χ1v) is 6.36. The molecule has 0 aromatic heterocycles. The van der Waals surface area contributed by atoms with Crippen molar-refractivity contribution >= 4 is 0 Å². The highest BCUT2D eigenvalue weighted by molar-refractivity contribution is 4.71. The van der Waals surface area contributed by atoms with Gasteiger partial charge in [-0.2, -0.15) is 5.48 Å². The molecule has 0 aromatic rings. The van der Waals surface area contributed by atoms with Crippen LogP contribution in [0, 0.1) is 5.92 Å². The van der Waals surface area contributed by atoms with Gasteiger partial charge in [0.25, 0.3) is 0 Å². The molecule has 3 unspecified atom stereocenters. The Morgan fingerprint density at radius 3 is 2.94 bits per heavy atom. The monoisotopic (exact) mass is 231 g/mol. The Balaban J connectivity index is 2.04. The topological polar surface area (TPSA) is 50.7 Å². The zero-order chi connectivity index (χ0) is 11.8. The molecule has 1 saturated carbocycles. The average molecular weight is 231 g/mol. The molecule has 0 bridgehead atoms. The quantitative estimate of drug-likeness (QED) is 0.515. The van der Waals surface area contributed by atoms with E-state index in [1.807, 2.05) is 6.92 Å². The second-order valence-electron chi connectivity index (χ2n) is 4.66. The molecule has 1 rings (SSSR count). The van der Waals surface area contributed by atoms with Crippen LogP contribution in [0.15, 0.2) is 0 Å². The Hall–Kier alpha value is -0.160. The Labute approximate surface area is 98.3 Å². The van der Waals surface area contributed by atoms with Gasteiger partial charge in [0.05, 0.1) is 25.4 Å². The second-order valence-corrected chi connectivity index (χ2v) is 4.66. The minimum atomic E-state index is -0.483. The zero-order valence-corrected chi connectivity index (χ0v) is 10.4. The molecule has 16 heavy (non-hydrogen) atoms. The zero-order valence-electron chi connectivity index (χ0n) is 10.4. The van der Waals surface area contributed by atoms with E-state index in [9.17, 15) is 5.11 Å². The van der Waals surface area contributed by atoms with Gasteiger partial charge >= 0.3 is 0 Å². The highest BCUT2D eigenvalue weighted by Crippen LogP contribution is 2.25. The highest BCUT2D eigenvalue weighted by Gasteiger charge is 2.20. The summed E-state index contributed by atoms with van der Waals surface area (Å²) in [6.45, 7) is 5.60. The maximum absolute atomic E-state index is 9.60. The van der Waals surface area contributed by atoms with Gasteiger partial charge in [-0.3, -0.25) is 0 Å². The predicted octanol–water partition coefficient (Wildman–Crippen LogP) is 1.48. The van der Waals surface area contributed by atoms with Crippen molar-refractivity contribution < 1.29 is 14.7 Å². The third kappa shape index (κ3) is 5.80. The van der Waals surface area contributed by atoms with E-state index in [2.05, 4.69) is 12.4 Å². The Bertz CT molecular complexity index is 178. The molecule has 0 heterocycles. The number of hydrogen-bond donors (Lipinski definition) is 2. The van der Waals surface area contributed by atoms with Gasteiger partial charge in [-0.15, -0.1) is 0 Å². The lowest BCUT2D eigenvalue weighted by Crippen LogP contribution is -2.33. The molecular formula is C12H25NO3. The molecule has 4 heteroatoms. The van der Waals surface area contributed by atoms with Crippen LogP contribution in [0.2, 0.25) is 0 Å². The van der Waals surface area contributed by atoms with Crippen molar-refractivity contribution in [1.82, 2.24) is 5.48 Å². The Morgan fingerprint density at radius 1 is 1.44 bits per heavy atom. The third-order valence-electron chi connectivity index (χ3n) is 2.98. The van der Waals surface area contributed by atoms with Crippen LogP contribution in [-0.4, -0.2) is 37.1 Å². The van der Waals surface area contributed by atoms with E-state index >= 15 is 0 Å². The first-order valence-electron chi connectivity index (χ1n) is 6.36. The predicted molar refractivity (Wildman–Crippen MR) is 63.0 cm³/mol. The van der Waals surface area contributed by atoms with Crippen LogP contribution in [-0.2, 0) is 9.57 Å². The van der Waals surface area contributed by atoms with Crippen LogP contribution in [0.3, 0.4) is 0 Å². The molecule has 2 N–H and O–H groups in total. The molecule has 0 aliphatic heterocycles.